The Hall–Kier alpha value is -2.87. The minimum absolute atomic E-state index is 0.207. The number of cyclic esters (lactones) is 1. The minimum Gasteiger partial charge on any atom is -0.428 e. The van der Waals surface area contributed by atoms with Crippen molar-refractivity contribution in [2.45, 2.75) is 18.6 Å². The Morgan fingerprint density at radius 3 is 3.00 bits per heavy atom. The monoisotopic (exact) mass is 277 g/mol. The molecule has 2 atom stereocenters. The van der Waals surface area contributed by atoms with E-state index in [1.54, 1.807) is 11.1 Å². The number of hydrogen-bond donors (Lipinski definition) is 0. The molecule has 0 bridgehead atoms. The van der Waals surface area contributed by atoms with Crippen LogP contribution in [-0.2, 0) is 11.2 Å². The van der Waals surface area contributed by atoms with Crippen LogP contribution in [0.5, 0.6) is 0 Å². The van der Waals surface area contributed by atoms with Crippen molar-refractivity contribution in [1.82, 2.24) is 4.98 Å². The van der Waals surface area contributed by atoms with Gasteiger partial charge in [0.2, 0.25) is 6.10 Å². The van der Waals surface area contributed by atoms with E-state index in [1.807, 2.05) is 30.5 Å². The van der Waals surface area contributed by atoms with E-state index in [1.165, 1.54) is 0 Å². The normalized spacial score (nSPS) is 22.4. The average Bonchev–Trinajstić information content (AvgIpc) is 3.05. The molecule has 0 spiro atoms. The average molecular weight is 277 g/mol. The van der Waals surface area contributed by atoms with Crippen LogP contribution in [0.3, 0.4) is 0 Å². The molecule has 4 rings (SSSR count). The Bertz CT molecular complexity index is 767. The second-order valence-electron chi connectivity index (χ2n) is 5.16. The summed E-state index contributed by atoms with van der Waals surface area (Å²) in [5.74, 6) is 0. The van der Waals surface area contributed by atoms with Crippen LogP contribution in [0.1, 0.15) is 5.56 Å². The van der Waals surface area contributed by atoms with Gasteiger partial charge in [-0.05, 0) is 34.9 Å². The molecule has 2 aliphatic rings. The van der Waals surface area contributed by atoms with Crippen LogP contribution < -0.4 is 4.90 Å². The van der Waals surface area contributed by atoms with Crippen LogP contribution in [0, 0.1) is 11.3 Å². The molecule has 0 saturated carbocycles. The van der Waals surface area contributed by atoms with Crippen LogP contribution in [0.15, 0.2) is 42.7 Å². The highest BCUT2D eigenvalue weighted by atomic mass is 16.6. The number of pyridine rings is 1. The van der Waals surface area contributed by atoms with Crippen molar-refractivity contribution >= 4 is 11.8 Å². The highest BCUT2D eigenvalue weighted by Crippen LogP contribution is 2.40. The van der Waals surface area contributed by atoms with E-state index < -0.39 is 12.2 Å². The Kier molecular flexibility index (Phi) is 2.45. The van der Waals surface area contributed by atoms with Crippen LogP contribution >= 0.6 is 0 Å². The van der Waals surface area contributed by atoms with Gasteiger partial charge in [-0.25, -0.2) is 4.79 Å². The number of nitrogens with zero attached hydrogens (tertiary/aromatic N) is 3. The van der Waals surface area contributed by atoms with Gasteiger partial charge in [0.1, 0.15) is 6.07 Å². The van der Waals surface area contributed by atoms with Crippen molar-refractivity contribution in [3.8, 4) is 17.2 Å². The van der Waals surface area contributed by atoms with Gasteiger partial charge in [0, 0.05) is 18.8 Å². The summed E-state index contributed by atoms with van der Waals surface area (Å²) >= 11 is 0. The fraction of sp³-hybridized carbons (Fsp3) is 0.188. The highest BCUT2D eigenvalue weighted by Gasteiger charge is 2.47. The molecule has 2 aliphatic heterocycles. The summed E-state index contributed by atoms with van der Waals surface area (Å²) in [7, 11) is 0. The van der Waals surface area contributed by atoms with E-state index in [2.05, 4.69) is 17.1 Å². The molecule has 1 aromatic heterocycles. The van der Waals surface area contributed by atoms with Crippen molar-refractivity contribution in [3.05, 3.63) is 48.3 Å². The van der Waals surface area contributed by atoms with Crippen LogP contribution in [0.25, 0.3) is 11.1 Å². The fourth-order valence-corrected chi connectivity index (χ4v) is 3.02. The van der Waals surface area contributed by atoms with Gasteiger partial charge < -0.3 is 4.74 Å². The maximum absolute atomic E-state index is 11.9. The Morgan fingerprint density at radius 2 is 2.24 bits per heavy atom. The number of anilines is 1. The standard InChI is InChI=1S/C16H11N3O2/c17-8-15-14-7-12-6-10(11-2-1-5-18-9-11)3-4-13(12)19(14)16(20)21-15/h1-6,9,14-15H,7H2/t14-,15?/m0/s1. The number of fused-ring (bicyclic) bond motifs is 3. The van der Waals surface area contributed by atoms with Crippen molar-refractivity contribution in [2.75, 3.05) is 4.90 Å². The molecule has 1 aromatic carbocycles. The number of hydrogen-bond acceptors (Lipinski definition) is 4. The molecular formula is C16H11N3O2. The number of rotatable bonds is 1. The van der Waals surface area contributed by atoms with Gasteiger partial charge in [0.25, 0.3) is 0 Å². The lowest BCUT2D eigenvalue weighted by atomic mass is 10.0. The van der Waals surface area contributed by atoms with Gasteiger partial charge in [-0.3, -0.25) is 9.88 Å². The van der Waals surface area contributed by atoms with Crippen molar-refractivity contribution in [2.24, 2.45) is 0 Å². The molecule has 2 aromatic rings. The van der Waals surface area contributed by atoms with Gasteiger partial charge in [-0.15, -0.1) is 0 Å². The zero-order valence-electron chi connectivity index (χ0n) is 11.1. The van der Waals surface area contributed by atoms with Gasteiger partial charge in [-0.1, -0.05) is 12.1 Å². The number of carbonyl (C=O) groups excluding carboxylic acids is 1. The Balaban J connectivity index is 1.76. The zero-order valence-corrected chi connectivity index (χ0v) is 11.1. The molecule has 0 radical (unpaired) electrons. The van der Waals surface area contributed by atoms with Gasteiger partial charge in [0.15, 0.2) is 0 Å². The van der Waals surface area contributed by atoms with Gasteiger partial charge in [0.05, 0.1) is 11.7 Å². The maximum Gasteiger partial charge on any atom is 0.416 e. The summed E-state index contributed by atoms with van der Waals surface area (Å²) in [6.07, 6.45) is 3.07. The lowest BCUT2D eigenvalue weighted by Gasteiger charge is -2.13. The van der Waals surface area contributed by atoms with Crippen LogP contribution in [-0.4, -0.2) is 23.2 Å². The van der Waals surface area contributed by atoms with Crippen LogP contribution in [0.4, 0.5) is 10.5 Å². The summed E-state index contributed by atoms with van der Waals surface area (Å²) < 4.78 is 5.07. The molecule has 5 nitrogen and oxygen atoms in total. The molecule has 102 valence electrons. The summed E-state index contributed by atoms with van der Waals surface area (Å²) in [6, 6.07) is 11.7. The first kappa shape index (κ1) is 11.9. The number of amides is 1. The first-order chi connectivity index (χ1) is 10.3. The highest BCUT2D eigenvalue weighted by molar-refractivity contribution is 5.94. The summed E-state index contributed by atoms with van der Waals surface area (Å²) in [4.78, 5) is 17.6. The molecule has 5 heteroatoms. The third-order valence-corrected chi connectivity index (χ3v) is 4.00. The molecule has 21 heavy (non-hydrogen) atoms. The lowest BCUT2D eigenvalue weighted by Crippen LogP contribution is -2.32. The molecule has 1 amide bonds. The second kappa shape index (κ2) is 4.32. The topological polar surface area (TPSA) is 66.2 Å². The molecule has 1 fully saturated rings. The van der Waals surface area contributed by atoms with E-state index in [0.717, 1.165) is 22.4 Å². The molecule has 0 aliphatic carbocycles. The van der Waals surface area contributed by atoms with E-state index in [9.17, 15) is 4.79 Å². The zero-order chi connectivity index (χ0) is 14.4. The number of benzene rings is 1. The van der Waals surface area contributed by atoms with Crippen LogP contribution in [0.2, 0.25) is 0 Å². The number of carbonyl (C=O) groups is 1. The Morgan fingerprint density at radius 1 is 1.33 bits per heavy atom. The molecular weight excluding hydrogens is 266 g/mol. The number of ether oxygens (including phenoxy) is 1. The van der Waals surface area contributed by atoms with E-state index >= 15 is 0 Å². The van der Waals surface area contributed by atoms with Gasteiger partial charge >= 0.3 is 6.09 Å². The summed E-state index contributed by atoms with van der Waals surface area (Å²) in [5, 5.41) is 9.08. The maximum atomic E-state index is 11.9. The smallest absolute Gasteiger partial charge is 0.416 e. The molecule has 0 N–H and O–H groups in total. The van der Waals surface area contributed by atoms with E-state index in [0.29, 0.717) is 6.42 Å². The second-order valence-corrected chi connectivity index (χ2v) is 5.16. The summed E-state index contributed by atoms with van der Waals surface area (Å²) in [6.45, 7) is 0. The van der Waals surface area contributed by atoms with Crippen molar-refractivity contribution in [3.63, 3.8) is 0 Å². The van der Waals surface area contributed by atoms with Crippen molar-refractivity contribution < 1.29 is 9.53 Å². The minimum atomic E-state index is -0.688. The fourth-order valence-electron chi connectivity index (χ4n) is 3.02. The quantitative estimate of drug-likeness (QED) is 0.803. The third-order valence-electron chi connectivity index (χ3n) is 4.00. The first-order valence-corrected chi connectivity index (χ1v) is 6.71. The largest absolute Gasteiger partial charge is 0.428 e. The predicted molar refractivity (Wildman–Crippen MR) is 75.5 cm³/mol. The predicted octanol–water partition coefficient (Wildman–Crippen LogP) is 2.52. The third kappa shape index (κ3) is 1.69. The Labute approximate surface area is 121 Å². The molecule has 1 unspecified atom stereocenters. The SMILES string of the molecule is N#CC1OC(=O)N2c3ccc(-c4cccnc4)cc3C[C@@H]12. The first-order valence-electron chi connectivity index (χ1n) is 6.71. The number of aromatic nitrogens is 1. The van der Waals surface area contributed by atoms with Crippen molar-refractivity contribution in [1.29, 1.82) is 5.26 Å². The van der Waals surface area contributed by atoms with Gasteiger partial charge in [-0.2, -0.15) is 5.26 Å². The lowest BCUT2D eigenvalue weighted by molar-refractivity contribution is 0.156. The molecule has 1 saturated heterocycles. The van der Waals surface area contributed by atoms with E-state index in [-0.39, 0.29) is 6.04 Å². The number of nitriles is 1. The van der Waals surface area contributed by atoms with E-state index in [4.69, 9.17) is 10.00 Å². The molecule has 3 heterocycles. The summed E-state index contributed by atoms with van der Waals surface area (Å²) in [5.41, 5.74) is 4.00.